The van der Waals surface area contributed by atoms with Crippen molar-refractivity contribution in [1.29, 1.82) is 0 Å². The van der Waals surface area contributed by atoms with Crippen molar-refractivity contribution in [2.45, 2.75) is 25.4 Å². The number of imidazole rings is 1. The lowest BCUT2D eigenvalue weighted by atomic mass is 10.3. The lowest BCUT2D eigenvalue weighted by Crippen LogP contribution is -2.23. The lowest BCUT2D eigenvalue weighted by molar-refractivity contribution is 0.680. The first kappa shape index (κ1) is 11.2. The summed E-state index contributed by atoms with van der Waals surface area (Å²) >= 11 is 1.56. The smallest absolute Gasteiger partial charge is 0.150 e. The number of aryl methyl sites for hydroxylation is 2. The van der Waals surface area contributed by atoms with Crippen LogP contribution < -0.4 is 11.5 Å². The molecular weight excluding hydrogens is 222 g/mol. The normalized spacial score (nSPS) is 20.5. The van der Waals surface area contributed by atoms with Crippen LogP contribution in [0.4, 0.5) is 0 Å². The molecule has 1 aliphatic heterocycles. The topological polar surface area (TPSA) is 82.2 Å². The molecule has 1 unspecified atom stereocenters. The van der Waals surface area contributed by atoms with Gasteiger partial charge in [-0.1, -0.05) is 11.8 Å². The van der Waals surface area contributed by atoms with E-state index in [1.807, 2.05) is 19.2 Å². The van der Waals surface area contributed by atoms with Crippen LogP contribution in [-0.4, -0.2) is 20.9 Å². The van der Waals surface area contributed by atoms with Crippen molar-refractivity contribution in [3.8, 4) is 0 Å². The van der Waals surface area contributed by atoms with Crippen LogP contribution >= 0.6 is 11.8 Å². The molecule has 0 saturated heterocycles. The van der Waals surface area contributed by atoms with Crippen LogP contribution in [0.25, 0.3) is 0 Å². The minimum Gasteiger partial charge on any atom is -0.384 e. The molecule has 1 aromatic rings. The van der Waals surface area contributed by atoms with E-state index >= 15 is 0 Å². The molecule has 0 aromatic carbocycles. The highest BCUT2D eigenvalue weighted by molar-refractivity contribution is 8.03. The number of hydrogen-bond acceptors (Lipinski definition) is 5. The maximum Gasteiger partial charge on any atom is 0.150 e. The fourth-order valence-electron chi connectivity index (χ4n) is 1.57. The van der Waals surface area contributed by atoms with E-state index in [4.69, 9.17) is 11.5 Å². The third-order valence-electron chi connectivity index (χ3n) is 2.38. The summed E-state index contributed by atoms with van der Waals surface area (Å²) in [7, 11) is 0. The van der Waals surface area contributed by atoms with Gasteiger partial charge in [0.05, 0.1) is 0 Å². The van der Waals surface area contributed by atoms with Gasteiger partial charge in [-0.3, -0.25) is 0 Å². The summed E-state index contributed by atoms with van der Waals surface area (Å²) in [5.74, 6) is 1.54. The second-order valence-corrected chi connectivity index (χ2v) is 4.83. The molecule has 0 amide bonds. The Morgan fingerprint density at radius 1 is 1.56 bits per heavy atom. The highest BCUT2D eigenvalue weighted by atomic mass is 32.2. The largest absolute Gasteiger partial charge is 0.384 e. The summed E-state index contributed by atoms with van der Waals surface area (Å²) in [6.07, 6.45) is 6.58. The quantitative estimate of drug-likeness (QED) is 0.815. The summed E-state index contributed by atoms with van der Waals surface area (Å²) in [5, 5.41) is 0. The van der Waals surface area contributed by atoms with Crippen molar-refractivity contribution >= 4 is 17.6 Å². The Hall–Kier alpha value is -1.27. The number of nitrogens with two attached hydrogens (primary N) is 2. The third-order valence-corrected chi connectivity index (χ3v) is 3.35. The number of amidine groups is 1. The van der Waals surface area contributed by atoms with Gasteiger partial charge in [0, 0.05) is 18.9 Å². The highest BCUT2D eigenvalue weighted by Crippen LogP contribution is 2.26. The molecule has 0 bridgehead atoms. The van der Waals surface area contributed by atoms with Gasteiger partial charge in [0.15, 0.2) is 5.50 Å². The molecule has 1 atom stereocenters. The molecule has 1 aliphatic rings. The van der Waals surface area contributed by atoms with Crippen LogP contribution in [0.3, 0.4) is 0 Å². The van der Waals surface area contributed by atoms with E-state index in [1.54, 1.807) is 18.0 Å². The van der Waals surface area contributed by atoms with Crippen LogP contribution in [0.15, 0.2) is 28.4 Å². The molecule has 2 heterocycles. The monoisotopic (exact) mass is 237 g/mol. The molecule has 4 N–H and O–H groups in total. The molecule has 16 heavy (non-hydrogen) atoms. The number of allylic oxidation sites excluding steroid dienone is 1. The molecular formula is C10H15N5S. The van der Waals surface area contributed by atoms with Gasteiger partial charge < -0.3 is 16.0 Å². The van der Waals surface area contributed by atoms with Crippen LogP contribution in [0.2, 0.25) is 0 Å². The first-order chi connectivity index (χ1) is 7.65. The van der Waals surface area contributed by atoms with Gasteiger partial charge in [-0.2, -0.15) is 0 Å². The summed E-state index contributed by atoms with van der Waals surface area (Å²) < 4.78 is 2.11. The molecule has 2 rings (SSSR count). The van der Waals surface area contributed by atoms with E-state index < -0.39 is 0 Å². The fraction of sp³-hybridized carbons (Fsp3) is 0.400. The van der Waals surface area contributed by atoms with Crippen LogP contribution in [0.1, 0.15) is 12.2 Å². The standard InChI is InChI=1S/C10H15N5S/c1-7-13-3-5-15(7)4-2-8-6-9(11)14-10(12)16-8/h3,5-6,10H,2,4,12H2,1H3,(H2,11,14). The van der Waals surface area contributed by atoms with Crippen molar-refractivity contribution in [2.24, 2.45) is 16.5 Å². The van der Waals surface area contributed by atoms with Crippen LogP contribution in [-0.2, 0) is 6.54 Å². The van der Waals surface area contributed by atoms with E-state index in [9.17, 15) is 0 Å². The summed E-state index contributed by atoms with van der Waals surface area (Å²) in [4.78, 5) is 9.38. The first-order valence-corrected chi connectivity index (χ1v) is 5.97. The summed E-state index contributed by atoms with van der Waals surface area (Å²) in [6, 6.07) is 0. The molecule has 5 nitrogen and oxygen atoms in total. The maximum absolute atomic E-state index is 5.73. The van der Waals surface area contributed by atoms with Crippen molar-refractivity contribution < 1.29 is 0 Å². The minimum atomic E-state index is -0.260. The van der Waals surface area contributed by atoms with Crippen molar-refractivity contribution in [3.05, 3.63) is 29.2 Å². The van der Waals surface area contributed by atoms with E-state index in [0.29, 0.717) is 5.84 Å². The fourth-order valence-corrected chi connectivity index (χ4v) is 2.45. The van der Waals surface area contributed by atoms with E-state index in [2.05, 4.69) is 14.5 Å². The van der Waals surface area contributed by atoms with Gasteiger partial charge in [-0.25, -0.2) is 9.98 Å². The van der Waals surface area contributed by atoms with Gasteiger partial charge >= 0.3 is 0 Å². The predicted molar refractivity (Wildman–Crippen MR) is 66.9 cm³/mol. The number of nitrogens with zero attached hydrogens (tertiary/aromatic N) is 3. The second-order valence-electron chi connectivity index (χ2n) is 3.59. The van der Waals surface area contributed by atoms with Gasteiger partial charge in [-0.15, -0.1) is 0 Å². The van der Waals surface area contributed by atoms with Gasteiger partial charge in [0.2, 0.25) is 0 Å². The number of aliphatic imine (C=N–C) groups is 1. The Labute approximate surface area is 98.6 Å². The lowest BCUT2D eigenvalue weighted by Gasteiger charge is -2.16. The zero-order chi connectivity index (χ0) is 11.5. The van der Waals surface area contributed by atoms with E-state index in [1.165, 1.54) is 4.91 Å². The van der Waals surface area contributed by atoms with Crippen molar-refractivity contribution in [1.82, 2.24) is 9.55 Å². The molecule has 86 valence electrons. The van der Waals surface area contributed by atoms with E-state index in [-0.39, 0.29) is 5.50 Å². The molecule has 6 heteroatoms. The Morgan fingerprint density at radius 3 is 3.00 bits per heavy atom. The van der Waals surface area contributed by atoms with Crippen molar-refractivity contribution in [2.75, 3.05) is 0 Å². The van der Waals surface area contributed by atoms with Crippen LogP contribution in [0, 0.1) is 6.92 Å². The number of aromatic nitrogens is 2. The second kappa shape index (κ2) is 4.71. The summed E-state index contributed by atoms with van der Waals surface area (Å²) in [6.45, 7) is 2.88. The Balaban J connectivity index is 1.96. The SMILES string of the molecule is Cc1nccn1CCC1=CC(N)=NC(N)S1. The molecule has 0 radical (unpaired) electrons. The Kier molecular flexibility index (Phi) is 3.31. The predicted octanol–water partition coefficient (Wildman–Crippen LogP) is 0.812. The number of thioether (sulfide) groups is 1. The average Bonchev–Trinajstić information content (AvgIpc) is 2.59. The molecule has 0 spiro atoms. The third kappa shape index (κ3) is 2.65. The zero-order valence-electron chi connectivity index (χ0n) is 9.13. The van der Waals surface area contributed by atoms with E-state index in [0.717, 1.165) is 18.8 Å². The van der Waals surface area contributed by atoms with Gasteiger partial charge in [0.1, 0.15) is 11.7 Å². The highest BCUT2D eigenvalue weighted by Gasteiger charge is 2.12. The number of rotatable bonds is 3. The molecule has 1 aromatic heterocycles. The summed E-state index contributed by atoms with van der Waals surface area (Å²) in [5.41, 5.74) is 11.1. The zero-order valence-corrected chi connectivity index (χ0v) is 9.94. The number of hydrogen-bond donors (Lipinski definition) is 2. The minimum absolute atomic E-state index is 0.260. The molecule has 0 aliphatic carbocycles. The Morgan fingerprint density at radius 2 is 2.38 bits per heavy atom. The Bertz CT molecular complexity index is 434. The van der Waals surface area contributed by atoms with Gasteiger partial charge in [0.25, 0.3) is 0 Å². The van der Waals surface area contributed by atoms with Crippen LogP contribution in [0.5, 0.6) is 0 Å². The molecule has 0 fully saturated rings. The first-order valence-electron chi connectivity index (χ1n) is 5.09. The van der Waals surface area contributed by atoms with Gasteiger partial charge in [-0.05, 0) is 24.3 Å². The molecule has 0 saturated carbocycles. The average molecular weight is 237 g/mol. The maximum atomic E-state index is 5.73. The van der Waals surface area contributed by atoms with Crippen molar-refractivity contribution in [3.63, 3.8) is 0 Å².